The van der Waals surface area contributed by atoms with Crippen LogP contribution in [0, 0.1) is 5.82 Å². The van der Waals surface area contributed by atoms with E-state index in [4.69, 9.17) is 17.3 Å². The van der Waals surface area contributed by atoms with Crippen molar-refractivity contribution in [3.8, 4) is 0 Å². The highest BCUT2D eigenvalue weighted by Gasteiger charge is 2.36. The number of nitrogens with two attached hydrogens (primary N) is 1. The van der Waals surface area contributed by atoms with Crippen LogP contribution in [-0.2, 0) is 10.0 Å². The largest absolute Gasteiger partial charge is 0.402 e. The average Bonchev–Trinajstić information content (AvgIpc) is 2.20. The summed E-state index contributed by atoms with van der Waals surface area (Å²) in [5, 5.41) is -0.584. The van der Waals surface area contributed by atoms with Crippen molar-refractivity contribution in [2.45, 2.75) is 11.1 Å². The first-order valence-electron chi connectivity index (χ1n) is 4.73. The second-order valence-electron chi connectivity index (χ2n) is 3.69. The first-order valence-corrected chi connectivity index (χ1v) is 6.54. The van der Waals surface area contributed by atoms with Gasteiger partial charge >= 0.3 is 6.18 Å². The topological polar surface area (TPSA) is 63.4 Å². The highest BCUT2D eigenvalue weighted by atomic mass is 35.5. The molecule has 0 radical (unpaired) electrons. The van der Waals surface area contributed by atoms with E-state index in [0.717, 1.165) is 6.07 Å². The van der Waals surface area contributed by atoms with E-state index < -0.39 is 38.5 Å². The van der Waals surface area contributed by atoms with E-state index in [1.807, 2.05) is 0 Å². The molecule has 19 heavy (non-hydrogen) atoms. The predicted molar refractivity (Wildman–Crippen MR) is 61.7 cm³/mol. The van der Waals surface area contributed by atoms with Crippen molar-refractivity contribution in [2.24, 2.45) is 0 Å². The van der Waals surface area contributed by atoms with Crippen molar-refractivity contribution in [3.63, 3.8) is 0 Å². The zero-order valence-electron chi connectivity index (χ0n) is 9.50. The SMILES string of the molecule is CN(CC(F)(F)F)S(=O)(=O)c1cc(N)cc(Cl)c1F. The number of nitrogen functional groups attached to an aromatic ring is 1. The summed E-state index contributed by atoms with van der Waals surface area (Å²) in [6.07, 6.45) is -4.75. The zero-order chi connectivity index (χ0) is 15.0. The minimum absolute atomic E-state index is 0.0266. The molecule has 0 atom stereocenters. The fourth-order valence-electron chi connectivity index (χ4n) is 1.28. The van der Waals surface area contributed by atoms with Crippen molar-refractivity contribution < 1.29 is 26.0 Å². The quantitative estimate of drug-likeness (QED) is 0.686. The highest BCUT2D eigenvalue weighted by Crippen LogP contribution is 2.28. The molecular formula is C9H9ClF4N2O2S. The first kappa shape index (κ1) is 16.0. The molecule has 10 heteroatoms. The number of alkyl halides is 3. The molecule has 0 aliphatic heterocycles. The van der Waals surface area contributed by atoms with Crippen LogP contribution in [0.15, 0.2) is 17.0 Å². The van der Waals surface area contributed by atoms with Gasteiger partial charge in [0.1, 0.15) is 11.4 Å². The van der Waals surface area contributed by atoms with Gasteiger partial charge in [0.15, 0.2) is 5.82 Å². The first-order chi connectivity index (χ1) is 8.45. The lowest BCUT2D eigenvalue weighted by molar-refractivity contribution is -0.134. The summed E-state index contributed by atoms with van der Waals surface area (Å²) in [6, 6.07) is 1.67. The number of hydrogen-bond donors (Lipinski definition) is 1. The van der Waals surface area contributed by atoms with Crippen molar-refractivity contribution in [1.29, 1.82) is 0 Å². The fraction of sp³-hybridized carbons (Fsp3) is 0.333. The maximum absolute atomic E-state index is 13.6. The third-order valence-electron chi connectivity index (χ3n) is 2.11. The third kappa shape index (κ3) is 3.71. The van der Waals surface area contributed by atoms with Crippen molar-refractivity contribution >= 4 is 27.3 Å². The van der Waals surface area contributed by atoms with Crippen LogP contribution in [0.25, 0.3) is 0 Å². The van der Waals surface area contributed by atoms with E-state index in [2.05, 4.69) is 0 Å². The molecule has 0 spiro atoms. The van der Waals surface area contributed by atoms with E-state index in [0.29, 0.717) is 13.1 Å². The van der Waals surface area contributed by atoms with Gasteiger partial charge < -0.3 is 5.73 Å². The fourth-order valence-corrected chi connectivity index (χ4v) is 2.83. The minimum atomic E-state index is -4.75. The molecule has 108 valence electrons. The second-order valence-corrected chi connectivity index (χ2v) is 6.11. The van der Waals surface area contributed by atoms with Crippen molar-refractivity contribution in [3.05, 3.63) is 23.0 Å². The van der Waals surface area contributed by atoms with Crippen LogP contribution in [0.1, 0.15) is 0 Å². The molecule has 0 aliphatic carbocycles. The lowest BCUT2D eigenvalue weighted by atomic mass is 10.3. The zero-order valence-corrected chi connectivity index (χ0v) is 11.1. The number of nitrogens with zero attached hydrogens (tertiary/aromatic N) is 1. The van der Waals surface area contributed by atoms with E-state index >= 15 is 0 Å². The average molecular weight is 321 g/mol. The molecule has 1 rings (SSSR count). The number of benzene rings is 1. The maximum atomic E-state index is 13.6. The summed E-state index contributed by atoms with van der Waals surface area (Å²) in [6.45, 7) is -1.75. The number of rotatable bonds is 3. The van der Waals surface area contributed by atoms with Crippen LogP contribution in [0.4, 0.5) is 23.2 Å². The Hall–Kier alpha value is -1.06. The van der Waals surface area contributed by atoms with Crippen LogP contribution >= 0.6 is 11.6 Å². The standard InChI is InChI=1S/C9H9ClF4N2O2S/c1-16(4-9(12,13)14)19(17,18)7-3-5(15)2-6(10)8(7)11/h2-3H,4,15H2,1H3. The number of halogens is 5. The Morgan fingerprint density at radius 2 is 1.89 bits per heavy atom. The molecule has 0 saturated carbocycles. The molecule has 0 aromatic heterocycles. The van der Waals surface area contributed by atoms with Crippen LogP contribution in [0.2, 0.25) is 5.02 Å². The predicted octanol–water partition coefficient (Wildman–Crippen LogP) is 2.24. The van der Waals surface area contributed by atoms with Crippen molar-refractivity contribution in [2.75, 3.05) is 19.3 Å². The molecular weight excluding hydrogens is 312 g/mol. The molecule has 0 amide bonds. The molecule has 1 aromatic carbocycles. The third-order valence-corrected chi connectivity index (χ3v) is 4.18. The Labute approximate surface area is 111 Å². The van der Waals surface area contributed by atoms with Gasteiger partial charge in [0.25, 0.3) is 0 Å². The molecule has 0 fully saturated rings. The van der Waals surface area contributed by atoms with Gasteiger partial charge in [-0.25, -0.2) is 12.8 Å². The second kappa shape index (κ2) is 5.14. The molecule has 0 bridgehead atoms. The summed E-state index contributed by atoms with van der Waals surface area (Å²) >= 11 is 5.40. The molecule has 0 aliphatic rings. The Kier molecular flexibility index (Phi) is 4.33. The van der Waals surface area contributed by atoms with Gasteiger partial charge in [-0.05, 0) is 12.1 Å². The van der Waals surface area contributed by atoms with Crippen LogP contribution in [0.5, 0.6) is 0 Å². The van der Waals surface area contributed by atoms with Gasteiger partial charge in [0.2, 0.25) is 10.0 Å². The Bertz CT molecular complexity index is 589. The Morgan fingerprint density at radius 1 is 1.37 bits per heavy atom. The van der Waals surface area contributed by atoms with Gasteiger partial charge in [-0.3, -0.25) is 0 Å². The summed E-state index contributed by atoms with van der Waals surface area (Å²) in [7, 11) is -3.99. The normalized spacial score (nSPS) is 13.0. The summed E-state index contributed by atoms with van der Waals surface area (Å²) in [4.78, 5) is -0.996. The van der Waals surface area contributed by atoms with Crippen LogP contribution in [-0.4, -0.2) is 32.5 Å². The van der Waals surface area contributed by atoms with Gasteiger partial charge in [-0.2, -0.15) is 17.5 Å². The summed E-state index contributed by atoms with van der Waals surface area (Å²) in [5.41, 5.74) is 5.12. The van der Waals surface area contributed by atoms with Gasteiger partial charge in [-0.15, -0.1) is 0 Å². The Morgan fingerprint density at radius 3 is 2.37 bits per heavy atom. The van der Waals surface area contributed by atoms with Crippen molar-refractivity contribution in [1.82, 2.24) is 4.31 Å². The highest BCUT2D eigenvalue weighted by molar-refractivity contribution is 7.89. The molecule has 0 unspecified atom stereocenters. The van der Waals surface area contributed by atoms with E-state index in [9.17, 15) is 26.0 Å². The molecule has 0 heterocycles. The monoisotopic (exact) mass is 320 g/mol. The molecule has 4 nitrogen and oxygen atoms in total. The number of anilines is 1. The Balaban J connectivity index is 3.28. The van der Waals surface area contributed by atoms with Crippen LogP contribution < -0.4 is 5.73 Å². The van der Waals surface area contributed by atoms with Gasteiger partial charge in [-0.1, -0.05) is 11.6 Å². The lowest BCUT2D eigenvalue weighted by Gasteiger charge is -2.19. The lowest BCUT2D eigenvalue weighted by Crippen LogP contribution is -2.36. The van der Waals surface area contributed by atoms with E-state index in [1.165, 1.54) is 0 Å². The van der Waals surface area contributed by atoms with Gasteiger partial charge in [0.05, 0.1) is 5.02 Å². The molecule has 0 saturated heterocycles. The van der Waals surface area contributed by atoms with Crippen LogP contribution in [0.3, 0.4) is 0 Å². The van der Waals surface area contributed by atoms with E-state index in [-0.39, 0.29) is 9.99 Å². The summed E-state index contributed by atoms with van der Waals surface area (Å²) in [5.74, 6) is -1.34. The molecule has 2 N–H and O–H groups in total. The van der Waals surface area contributed by atoms with E-state index in [1.54, 1.807) is 0 Å². The smallest absolute Gasteiger partial charge is 0.399 e. The van der Waals surface area contributed by atoms with Gasteiger partial charge in [0, 0.05) is 12.7 Å². The number of hydrogen-bond acceptors (Lipinski definition) is 3. The number of sulfonamides is 1. The maximum Gasteiger partial charge on any atom is 0.402 e. The molecule has 1 aromatic rings. The summed E-state index contributed by atoms with van der Waals surface area (Å²) < 4.78 is 73.7. The minimum Gasteiger partial charge on any atom is -0.399 e.